The molecule has 1 aromatic heterocycles. The van der Waals surface area contributed by atoms with Crippen LogP contribution in [-0.2, 0) is 13.0 Å². The van der Waals surface area contributed by atoms with Gasteiger partial charge in [0.25, 0.3) is 11.8 Å². The molecular weight excluding hydrogens is 292 g/mol. The summed E-state index contributed by atoms with van der Waals surface area (Å²) in [5.41, 5.74) is 0.957. The van der Waals surface area contributed by atoms with Crippen LogP contribution in [0.5, 0.6) is 0 Å². The maximum absolute atomic E-state index is 12.5. The molecule has 0 aliphatic carbocycles. The lowest BCUT2D eigenvalue weighted by molar-refractivity contribution is 0.0903. The second kappa shape index (κ2) is 6.72. The fourth-order valence-electron chi connectivity index (χ4n) is 2.68. The van der Waals surface area contributed by atoms with Gasteiger partial charge in [0.2, 0.25) is 0 Å². The number of nitrogens with zero attached hydrogens (tertiary/aromatic N) is 2. The number of carbonyl (C=O) groups excluding carboxylic acids is 2. The molecule has 0 spiro atoms. The molecule has 2 amide bonds. The van der Waals surface area contributed by atoms with Crippen molar-refractivity contribution in [3.8, 4) is 0 Å². The van der Waals surface area contributed by atoms with Crippen molar-refractivity contribution in [3.05, 3.63) is 17.2 Å². The first kappa shape index (κ1) is 17.5. The van der Waals surface area contributed by atoms with Crippen molar-refractivity contribution in [2.75, 3.05) is 6.54 Å². The van der Waals surface area contributed by atoms with E-state index in [9.17, 15) is 9.59 Å². The lowest BCUT2D eigenvalue weighted by Crippen LogP contribution is -2.42. The first-order valence-electron chi connectivity index (χ1n) is 8.39. The fourth-order valence-corrected chi connectivity index (χ4v) is 2.68. The Morgan fingerprint density at radius 3 is 2.52 bits per heavy atom. The number of fused-ring (bicyclic) bond motifs is 1. The van der Waals surface area contributed by atoms with Gasteiger partial charge in [-0.15, -0.1) is 0 Å². The molecule has 128 valence electrons. The van der Waals surface area contributed by atoms with E-state index < -0.39 is 0 Å². The summed E-state index contributed by atoms with van der Waals surface area (Å²) in [6.07, 6.45) is 2.82. The Kier molecular flexibility index (Phi) is 5.12. The second-order valence-electron chi connectivity index (χ2n) is 7.65. The molecule has 0 saturated heterocycles. The Morgan fingerprint density at radius 2 is 1.91 bits per heavy atom. The quantitative estimate of drug-likeness (QED) is 0.892. The van der Waals surface area contributed by atoms with Gasteiger partial charge in [0.15, 0.2) is 5.82 Å². The van der Waals surface area contributed by atoms with Crippen molar-refractivity contribution >= 4 is 11.8 Å². The van der Waals surface area contributed by atoms with Gasteiger partial charge in [-0.25, -0.2) is 4.98 Å². The lowest BCUT2D eigenvalue weighted by atomic mass is 10.1. The van der Waals surface area contributed by atoms with E-state index in [1.54, 1.807) is 0 Å². The molecule has 0 saturated carbocycles. The Hall–Kier alpha value is -1.85. The van der Waals surface area contributed by atoms with Crippen molar-refractivity contribution < 1.29 is 9.59 Å². The van der Waals surface area contributed by atoms with Gasteiger partial charge in [0, 0.05) is 18.6 Å². The normalized spacial score (nSPS) is 14.5. The smallest absolute Gasteiger partial charge is 0.287 e. The molecular formula is C17H28N4O2. The van der Waals surface area contributed by atoms with Crippen molar-refractivity contribution in [2.45, 2.75) is 66.0 Å². The van der Waals surface area contributed by atoms with Crippen LogP contribution in [0.1, 0.15) is 74.3 Å². The third-order valence-electron chi connectivity index (χ3n) is 3.70. The third-order valence-corrected chi connectivity index (χ3v) is 3.70. The highest BCUT2D eigenvalue weighted by molar-refractivity contribution is 5.97. The Balaban J connectivity index is 2.30. The summed E-state index contributed by atoms with van der Waals surface area (Å²) in [7, 11) is 0. The zero-order valence-corrected chi connectivity index (χ0v) is 14.8. The summed E-state index contributed by atoms with van der Waals surface area (Å²) < 4.78 is 1.91. The van der Waals surface area contributed by atoms with Crippen molar-refractivity contribution in [1.29, 1.82) is 0 Å². The molecule has 6 heteroatoms. The van der Waals surface area contributed by atoms with Gasteiger partial charge in [-0.05, 0) is 46.0 Å². The molecule has 1 aliphatic rings. The zero-order valence-electron chi connectivity index (χ0n) is 14.8. The number of carbonyl (C=O) groups is 2. The van der Waals surface area contributed by atoms with Crippen molar-refractivity contribution in [2.24, 2.45) is 5.92 Å². The Labute approximate surface area is 138 Å². The van der Waals surface area contributed by atoms with E-state index in [4.69, 9.17) is 0 Å². The van der Waals surface area contributed by atoms with Crippen LogP contribution in [0.15, 0.2) is 0 Å². The average Bonchev–Trinajstić information content (AvgIpc) is 2.82. The molecule has 23 heavy (non-hydrogen) atoms. The molecule has 2 N–H and O–H groups in total. The Morgan fingerprint density at radius 1 is 1.22 bits per heavy atom. The minimum atomic E-state index is -0.335. The molecule has 2 rings (SSSR count). The predicted molar refractivity (Wildman–Crippen MR) is 89.6 cm³/mol. The van der Waals surface area contributed by atoms with E-state index in [0.29, 0.717) is 24.0 Å². The van der Waals surface area contributed by atoms with Crippen LogP contribution in [-0.4, -0.2) is 33.4 Å². The number of imidazole rings is 1. The van der Waals surface area contributed by atoms with Gasteiger partial charge < -0.3 is 15.2 Å². The minimum Gasteiger partial charge on any atom is -0.350 e. The number of rotatable bonds is 4. The zero-order chi connectivity index (χ0) is 17.2. The van der Waals surface area contributed by atoms with Crippen molar-refractivity contribution in [1.82, 2.24) is 20.2 Å². The van der Waals surface area contributed by atoms with E-state index in [1.165, 1.54) is 0 Å². The topological polar surface area (TPSA) is 76.0 Å². The maximum atomic E-state index is 12.5. The van der Waals surface area contributed by atoms with E-state index >= 15 is 0 Å². The molecule has 0 unspecified atom stereocenters. The summed E-state index contributed by atoms with van der Waals surface area (Å²) in [6, 6.07) is 0. The van der Waals surface area contributed by atoms with Gasteiger partial charge in [0.1, 0.15) is 5.69 Å². The summed E-state index contributed by atoms with van der Waals surface area (Å²) in [6.45, 7) is 11.2. The van der Waals surface area contributed by atoms with E-state index in [-0.39, 0.29) is 17.4 Å². The van der Waals surface area contributed by atoms with Gasteiger partial charge in [0.05, 0.1) is 5.69 Å². The summed E-state index contributed by atoms with van der Waals surface area (Å²) in [4.78, 5) is 29.3. The molecule has 1 aromatic rings. The first-order valence-corrected chi connectivity index (χ1v) is 8.39. The summed E-state index contributed by atoms with van der Waals surface area (Å²) in [5.74, 6) is 0.327. The minimum absolute atomic E-state index is 0.181. The number of aromatic nitrogens is 2. The van der Waals surface area contributed by atoms with Crippen LogP contribution >= 0.6 is 0 Å². The third kappa shape index (κ3) is 4.33. The molecule has 0 radical (unpaired) electrons. The molecule has 0 bridgehead atoms. The number of nitrogens with one attached hydrogen (secondary N) is 2. The maximum Gasteiger partial charge on any atom is 0.287 e. The van der Waals surface area contributed by atoms with Gasteiger partial charge >= 0.3 is 0 Å². The highest BCUT2D eigenvalue weighted by Crippen LogP contribution is 2.21. The predicted octanol–water partition coefficient (Wildman–Crippen LogP) is 2.13. The van der Waals surface area contributed by atoms with Gasteiger partial charge in [-0.3, -0.25) is 9.59 Å². The molecule has 6 nitrogen and oxygen atoms in total. The van der Waals surface area contributed by atoms with Crippen LogP contribution in [0.25, 0.3) is 0 Å². The monoisotopic (exact) mass is 320 g/mol. The van der Waals surface area contributed by atoms with Crippen LogP contribution in [0, 0.1) is 5.92 Å². The van der Waals surface area contributed by atoms with Crippen LogP contribution < -0.4 is 10.6 Å². The summed E-state index contributed by atoms with van der Waals surface area (Å²) in [5, 5.41) is 5.84. The van der Waals surface area contributed by atoms with E-state index in [0.717, 1.165) is 31.5 Å². The van der Waals surface area contributed by atoms with Gasteiger partial charge in [-0.2, -0.15) is 0 Å². The fraction of sp³-hybridized carbons (Fsp3) is 0.706. The first-order chi connectivity index (χ1) is 10.7. The molecule has 2 heterocycles. The van der Waals surface area contributed by atoms with Crippen molar-refractivity contribution in [3.63, 3.8) is 0 Å². The van der Waals surface area contributed by atoms with E-state index in [1.807, 2.05) is 39.2 Å². The highest BCUT2D eigenvalue weighted by Gasteiger charge is 2.28. The van der Waals surface area contributed by atoms with Gasteiger partial charge in [-0.1, -0.05) is 13.8 Å². The number of hydrogen-bond donors (Lipinski definition) is 2. The standard InChI is InChI=1S/C17H28N4O2/c1-11(2)10-18-15(22)13-12-8-6-7-9-21(12)14(19-13)16(23)20-17(3,4)5/h11H,6-10H2,1-5H3,(H,18,22)(H,20,23). The number of hydrogen-bond acceptors (Lipinski definition) is 3. The SMILES string of the molecule is CC(C)CNC(=O)c1nc(C(=O)NC(C)(C)C)n2c1CCCC2. The van der Waals surface area contributed by atoms with E-state index in [2.05, 4.69) is 15.6 Å². The number of amides is 2. The average molecular weight is 320 g/mol. The molecule has 0 atom stereocenters. The molecule has 1 aliphatic heterocycles. The van der Waals surface area contributed by atoms with Crippen LogP contribution in [0.2, 0.25) is 0 Å². The molecule has 0 fully saturated rings. The molecule has 0 aromatic carbocycles. The van der Waals surface area contributed by atoms with Crippen LogP contribution in [0.3, 0.4) is 0 Å². The highest BCUT2D eigenvalue weighted by atomic mass is 16.2. The second-order valence-corrected chi connectivity index (χ2v) is 7.65. The lowest BCUT2D eigenvalue weighted by Gasteiger charge is -2.22. The van der Waals surface area contributed by atoms with Crippen LogP contribution in [0.4, 0.5) is 0 Å². The largest absolute Gasteiger partial charge is 0.350 e. The summed E-state index contributed by atoms with van der Waals surface area (Å²) >= 11 is 0. The Bertz CT molecular complexity index is 596.